The van der Waals surface area contributed by atoms with Gasteiger partial charge in [0.05, 0.1) is 6.16 Å². The molecule has 28 heavy (non-hydrogen) atoms. The fraction of sp³-hybridized carbons (Fsp3) is 0.0400. The molecule has 0 bridgehead atoms. The molecule has 0 nitrogen and oxygen atoms in total. The maximum atomic E-state index is 3.80. The van der Waals surface area contributed by atoms with Gasteiger partial charge in [-0.3, -0.25) is 0 Å². The largest absolute Gasteiger partial charge is 0.116 e. The summed E-state index contributed by atoms with van der Waals surface area (Å²) in [5, 5.41) is 4.21. The number of benzene rings is 4. The summed E-state index contributed by atoms with van der Waals surface area (Å²) in [5.74, 6) is 0. The molecule has 0 amide bonds. The van der Waals surface area contributed by atoms with Crippen molar-refractivity contribution in [2.45, 2.75) is 6.16 Å². The van der Waals surface area contributed by atoms with Crippen molar-refractivity contribution in [1.29, 1.82) is 0 Å². The quantitative estimate of drug-likeness (QED) is 0.262. The third kappa shape index (κ3) is 3.87. The standard InChI is InChI=1S/C25H20Br2P/c26-21-16-17-25(27)20(18-21)19-28(22-10-4-1-5-11-22,23-12-6-2-7-13-23)24-14-8-3-9-15-24/h1-18H,19H2/q+1. The molecular weight excluding hydrogens is 491 g/mol. The van der Waals surface area contributed by atoms with E-state index in [0.29, 0.717) is 0 Å². The summed E-state index contributed by atoms with van der Waals surface area (Å²) in [6, 6.07) is 39.5. The first kappa shape index (κ1) is 19.6. The van der Waals surface area contributed by atoms with Crippen molar-refractivity contribution in [3.8, 4) is 0 Å². The van der Waals surface area contributed by atoms with E-state index in [1.165, 1.54) is 21.5 Å². The molecule has 4 aromatic carbocycles. The molecule has 0 spiro atoms. The van der Waals surface area contributed by atoms with Gasteiger partial charge in [0, 0.05) is 14.5 Å². The van der Waals surface area contributed by atoms with Crippen LogP contribution in [0.4, 0.5) is 0 Å². The number of rotatable bonds is 5. The first-order valence-corrected chi connectivity index (χ1v) is 12.7. The normalized spacial score (nSPS) is 11.4. The molecule has 4 rings (SSSR count). The van der Waals surface area contributed by atoms with Gasteiger partial charge in [-0.2, -0.15) is 0 Å². The fourth-order valence-corrected chi connectivity index (χ4v) is 8.96. The molecule has 0 unspecified atom stereocenters. The van der Waals surface area contributed by atoms with E-state index < -0.39 is 7.26 Å². The van der Waals surface area contributed by atoms with Crippen LogP contribution in [-0.4, -0.2) is 0 Å². The highest BCUT2D eigenvalue weighted by Crippen LogP contribution is 2.58. The highest BCUT2D eigenvalue weighted by atomic mass is 79.9. The van der Waals surface area contributed by atoms with Crippen LogP contribution in [-0.2, 0) is 6.16 Å². The molecule has 4 aromatic rings. The Balaban J connectivity index is 2.02. The van der Waals surface area contributed by atoms with Crippen molar-refractivity contribution >= 4 is 55.0 Å². The predicted octanol–water partition coefficient (Wildman–Crippen LogP) is 6.71. The molecular formula is C25H20Br2P+. The molecule has 0 aliphatic heterocycles. The maximum absolute atomic E-state index is 3.80. The van der Waals surface area contributed by atoms with Crippen LogP contribution in [0.3, 0.4) is 0 Å². The summed E-state index contributed by atoms with van der Waals surface area (Å²) < 4.78 is 2.26. The van der Waals surface area contributed by atoms with Gasteiger partial charge in [-0.05, 0) is 54.6 Å². The summed E-state index contributed by atoms with van der Waals surface area (Å²) in [6.07, 6.45) is 0.963. The molecule has 0 saturated carbocycles. The Morgan fingerprint density at radius 1 is 0.536 bits per heavy atom. The third-order valence-corrected chi connectivity index (χ3v) is 10.6. The minimum Gasteiger partial charge on any atom is -0.0620 e. The molecule has 0 heterocycles. The molecule has 0 aliphatic rings. The topological polar surface area (TPSA) is 0 Å². The molecule has 0 aromatic heterocycles. The van der Waals surface area contributed by atoms with Gasteiger partial charge >= 0.3 is 0 Å². The van der Waals surface area contributed by atoms with Crippen molar-refractivity contribution in [3.05, 3.63) is 124 Å². The SMILES string of the molecule is Brc1ccc(Br)c(C[P+](c2ccccc2)(c2ccccc2)c2ccccc2)c1. The highest BCUT2D eigenvalue weighted by molar-refractivity contribution is 9.11. The van der Waals surface area contributed by atoms with E-state index in [1.807, 2.05) is 0 Å². The van der Waals surface area contributed by atoms with Gasteiger partial charge in [-0.25, -0.2) is 0 Å². The lowest BCUT2D eigenvalue weighted by Gasteiger charge is -2.28. The molecule has 0 saturated heterocycles. The van der Waals surface area contributed by atoms with Crippen LogP contribution in [0.2, 0.25) is 0 Å². The molecule has 0 fully saturated rings. The van der Waals surface area contributed by atoms with Gasteiger partial charge in [0.2, 0.25) is 0 Å². The number of hydrogen-bond acceptors (Lipinski definition) is 0. The van der Waals surface area contributed by atoms with Crippen molar-refractivity contribution in [1.82, 2.24) is 0 Å². The lowest BCUT2D eigenvalue weighted by molar-refractivity contribution is 1.35. The average molecular weight is 511 g/mol. The second-order valence-corrected chi connectivity index (χ2v) is 12.0. The van der Waals surface area contributed by atoms with Crippen LogP contribution in [0.25, 0.3) is 0 Å². The van der Waals surface area contributed by atoms with E-state index >= 15 is 0 Å². The van der Waals surface area contributed by atoms with Crippen LogP contribution >= 0.6 is 39.1 Å². The van der Waals surface area contributed by atoms with Crippen molar-refractivity contribution < 1.29 is 0 Å². The van der Waals surface area contributed by atoms with E-state index in [4.69, 9.17) is 0 Å². The predicted molar refractivity (Wildman–Crippen MR) is 131 cm³/mol. The van der Waals surface area contributed by atoms with E-state index in [-0.39, 0.29) is 0 Å². The Labute approximate surface area is 184 Å². The van der Waals surface area contributed by atoms with Crippen LogP contribution in [0, 0.1) is 0 Å². The Kier molecular flexibility index (Phi) is 6.11. The second kappa shape index (κ2) is 8.74. The molecule has 0 N–H and O–H groups in total. The van der Waals surface area contributed by atoms with E-state index in [2.05, 4.69) is 141 Å². The zero-order valence-electron chi connectivity index (χ0n) is 15.3. The second-order valence-electron chi connectivity index (χ2n) is 6.71. The van der Waals surface area contributed by atoms with Gasteiger partial charge in [-0.15, -0.1) is 0 Å². The maximum Gasteiger partial charge on any atom is 0.116 e. The monoisotopic (exact) mass is 509 g/mol. The van der Waals surface area contributed by atoms with Crippen LogP contribution in [0.1, 0.15) is 5.56 Å². The summed E-state index contributed by atoms with van der Waals surface area (Å²) in [6.45, 7) is 0. The Morgan fingerprint density at radius 3 is 1.39 bits per heavy atom. The minimum absolute atomic E-state index is 0.963. The Morgan fingerprint density at radius 2 is 0.964 bits per heavy atom. The van der Waals surface area contributed by atoms with E-state index in [0.717, 1.165) is 15.1 Å². The Bertz CT molecular complexity index is 951. The average Bonchev–Trinajstić information content (AvgIpc) is 2.76. The minimum atomic E-state index is -1.87. The van der Waals surface area contributed by atoms with E-state index in [9.17, 15) is 0 Å². The van der Waals surface area contributed by atoms with Crippen molar-refractivity contribution in [2.75, 3.05) is 0 Å². The lowest BCUT2D eigenvalue weighted by atomic mass is 10.2. The van der Waals surface area contributed by atoms with Gasteiger partial charge in [0.1, 0.15) is 23.2 Å². The van der Waals surface area contributed by atoms with Gasteiger partial charge < -0.3 is 0 Å². The summed E-state index contributed by atoms with van der Waals surface area (Å²) in [7, 11) is -1.87. The molecule has 0 aliphatic carbocycles. The van der Waals surface area contributed by atoms with Gasteiger partial charge in [0.15, 0.2) is 0 Å². The van der Waals surface area contributed by atoms with E-state index in [1.54, 1.807) is 0 Å². The summed E-state index contributed by atoms with van der Waals surface area (Å²) in [4.78, 5) is 0. The zero-order chi connectivity index (χ0) is 19.4. The first-order valence-electron chi connectivity index (χ1n) is 9.19. The highest BCUT2D eigenvalue weighted by Gasteiger charge is 2.45. The first-order chi connectivity index (χ1) is 13.7. The number of hydrogen-bond donors (Lipinski definition) is 0. The van der Waals surface area contributed by atoms with Crippen LogP contribution in [0.5, 0.6) is 0 Å². The lowest BCUT2D eigenvalue weighted by Crippen LogP contribution is -2.32. The molecule has 3 heteroatoms. The van der Waals surface area contributed by atoms with Crippen molar-refractivity contribution in [2.24, 2.45) is 0 Å². The number of halogens is 2. The zero-order valence-corrected chi connectivity index (χ0v) is 19.4. The van der Waals surface area contributed by atoms with Crippen molar-refractivity contribution in [3.63, 3.8) is 0 Å². The Hall–Kier alpha value is -1.73. The molecule has 138 valence electrons. The molecule has 0 radical (unpaired) electrons. The summed E-state index contributed by atoms with van der Waals surface area (Å²) in [5.41, 5.74) is 1.32. The van der Waals surface area contributed by atoms with Gasteiger partial charge in [0.25, 0.3) is 0 Å². The van der Waals surface area contributed by atoms with Gasteiger partial charge in [-0.1, -0.05) is 86.5 Å². The fourth-order valence-electron chi connectivity index (χ4n) is 3.69. The third-order valence-electron chi connectivity index (χ3n) is 5.01. The molecule has 0 atom stereocenters. The summed E-state index contributed by atoms with van der Waals surface area (Å²) >= 11 is 7.46. The van der Waals surface area contributed by atoms with Crippen LogP contribution in [0.15, 0.2) is 118 Å². The van der Waals surface area contributed by atoms with Crippen LogP contribution < -0.4 is 15.9 Å². The smallest absolute Gasteiger partial charge is 0.0620 e.